The van der Waals surface area contributed by atoms with Crippen LogP contribution in [0.1, 0.15) is 16.8 Å². The molecule has 1 aliphatic rings. The maximum absolute atomic E-state index is 12.4. The molecule has 3 rings (SSSR count). The van der Waals surface area contributed by atoms with Crippen molar-refractivity contribution in [2.45, 2.75) is 12.5 Å². The van der Waals surface area contributed by atoms with Gasteiger partial charge in [0.05, 0.1) is 18.2 Å². The summed E-state index contributed by atoms with van der Waals surface area (Å²) < 4.78 is 5.28. The Balaban J connectivity index is 1.96. The van der Waals surface area contributed by atoms with Crippen molar-refractivity contribution in [3.8, 4) is 0 Å². The minimum atomic E-state index is -0.0909. The Kier molecular flexibility index (Phi) is 3.52. The number of hydrogen-bond donors (Lipinski definition) is 2. The van der Waals surface area contributed by atoms with Gasteiger partial charge < -0.3 is 15.4 Å². The molecule has 5 nitrogen and oxygen atoms in total. The molecule has 1 fully saturated rings. The van der Waals surface area contributed by atoms with Crippen LogP contribution in [-0.2, 0) is 4.74 Å². The van der Waals surface area contributed by atoms with E-state index in [1.54, 1.807) is 6.20 Å². The molecule has 1 saturated heterocycles. The first-order chi connectivity index (χ1) is 9.79. The van der Waals surface area contributed by atoms with Gasteiger partial charge >= 0.3 is 0 Å². The number of carbonyl (C=O) groups excluding carboxylic acids is 1. The molecule has 0 aliphatic carbocycles. The molecular formula is C15H17N3O2. The van der Waals surface area contributed by atoms with Crippen LogP contribution < -0.4 is 10.6 Å². The minimum Gasteiger partial charge on any atom is -0.379 e. The maximum Gasteiger partial charge on any atom is 0.253 e. The van der Waals surface area contributed by atoms with Crippen LogP contribution >= 0.6 is 0 Å². The molecule has 0 bridgehead atoms. The molecule has 104 valence electrons. The highest BCUT2D eigenvalue weighted by Gasteiger charge is 2.20. The van der Waals surface area contributed by atoms with E-state index in [1.165, 1.54) is 0 Å². The van der Waals surface area contributed by atoms with Gasteiger partial charge in [-0.1, -0.05) is 24.3 Å². The van der Waals surface area contributed by atoms with Gasteiger partial charge in [0.2, 0.25) is 0 Å². The molecule has 1 aliphatic heterocycles. The Bertz CT molecular complexity index is 636. The third-order valence-electron chi connectivity index (χ3n) is 3.54. The number of benzene rings is 1. The molecule has 1 aromatic heterocycles. The highest BCUT2D eigenvalue weighted by atomic mass is 16.5. The van der Waals surface area contributed by atoms with Crippen LogP contribution in [0.25, 0.3) is 10.8 Å². The average molecular weight is 271 g/mol. The highest BCUT2D eigenvalue weighted by Crippen LogP contribution is 2.24. The molecule has 2 aromatic rings. The molecule has 0 spiro atoms. The van der Waals surface area contributed by atoms with Gasteiger partial charge in [-0.3, -0.25) is 4.79 Å². The van der Waals surface area contributed by atoms with Crippen molar-refractivity contribution < 1.29 is 9.53 Å². The number of amides is 1. The second kappa shape index (κ2) is 5.46. The largest absolute Gasteiger partial charge is 0.379 e. The number of pyridine rings is 1. The number of rotatable bonds is 3. The molecular weight excluding hydrogens is 254 g/mol. The number of nitrogens with one attached hydrogen (secondary N) is 2. The summed E-state index contributed by atoms with van der Waals surface area (Å²) in [6.07, 6.45) is 2.49. The van der Waals surface area contributed by atoms with Crippen molar-refractivity contribution in [3.63, 3.8) is 0 Å². The lowest BCUT2D eigenvalue weighted by Crippen LogP contribution is -2.35. The van der Waals surface area contributed by atoms with E-state index >= 15 is 0 Å². The van der Waals surface area contributed by atoms with E-state index in [0.717, 1.165) is 23.0 Å². The first-order valence-corrected chi connectivity index (χ1v) is 6.73. The normalized spacial score (nSPS) is 18.1. The highest BCUT2D eigenvalue weighted by molar-refractivity contribution is 6.09. The zero-order chi connectivity index (χ0) is 13.9. The van der Waals surface area contributed by atoms with Crippen molar-refractivity contribution >= 4 is 22.5 Å². The van der Waals surface area contributed by atoms with Crippen molar-refractivity contribution in [1.82, 2.24) is 10.3 Å². The lowest BCUT2D eigenvalue weighted by atomic mass is 10.1. The van der Waals surface area contributed by atoms with E-state index in [0.29, 0.717) is 18.8 Å². The van der Waals surface area contributed by atoms with Gasteiger partial charge in [-0.15, -0.1) is 0 Å². The predicted molar refractivity (Wildman–Crippen MR) is 78.0 cm³/mol. The lowest BCUT2D eigenvalue weighted by Gasteiger charge is -2.13. The molecule has 2 heterocycles. The molecule has 0 radical (unpaired) electrons. The van der Waals surface area contributed by atoms with Crippen molar-refractivity contribution in [2.75, 3.05) is 25.6 Å². The number of aromatic nitrogens is 1. The van der Waals surface area contributed by atoms with Gasteiger partial charge in [0, 0.05) is 25.2 Å². The molecule has 5 heteroatoms. The zero-order valence-corrected chi connectivity index (χ0v) is 11.3. The van der Waals surface area contributed by atoms with Crippen LogP contribution in [0.5, 0.6) is 0 Å². The standard InChI is InChI=1S/C15H17N3O2/c1-16-14-12-5-3-2-4-11(12)13(8-17-14)15(19)18-10-6-7-20-9-10/h2-5,8,10H,6-7,9H2,1H3,(H,16,17)(H,18,19). The Hall–Kier alpha value is -2.14. The Labute approximate surface area is 117 Å². The summed E-state index contributed by atoms with van der Waals surface area (Å²) in [5, 5.41) is 7.90. The quantitative estimate of drug-likeness (QED) is 0.893. The van der Waals surface area contributed by atoms with Gasteiger partial charge in [0.25, 0.3) is 5.91 Å². The first-order valence-electron chi connectivity index (χ1n) is 6.73. The minimum absolute atomic E-state index is 0.0909. The second-order valence-corrected chi connectivity index (χ2v) is 4.85. The topological polar surface area (TPSA) is 63.2 Å². The van der Waals surface area contributed by atoms with Gasteiger partial charge in [0.1, 0.15) is 5.82 Å². The average Bonchev–Trinajstić information content (AvgIpc) is 2.99. The molecule has 0 saturated carbocycles. The van der Waals surface area contributed by atoms with Crippen molar-refractivity contribution in [1.29, 1.82) is 0 Å². The molecule has 1 aromatic carbocycles. The van der Waals surface area contributed by atoms with Crippen LogP contribution in [0.2, 0.25) is 0 Å². The lowest BCUT2D eigenvalue weighted by molar-refractivity contribution is 0.0931. The summed E-state index contributed by atoms with van der Waals surface area (Å²) in [6.45, 7) is 1.30. The molecule has 1 atom stereocenters. The summed E-state index contributed by atoms with van der Waals surface area (Å²) in [4.78, 5) is 16.7. The molecule has 20 heavy (non-hydrogen) atoms. The van der Waals surface area contributed by atoms with Crippen LogP contribution in [0.3, 0.4) is 0 Å². The fraction of sp³-hybridized carbons (Fsp3) is 0.333. The fourth-order valence-electron chi connectivity index (χ4n) is 2.48. The van der Waals surface area contributed by atoms with Crippen LogP contribution in [-0.4, -0.2) is 37.2 Å². The SMILES string of the molecule is CNc1ncc(C(=O)NC2CCOC2)c2ccccc12. The van der Waals surface area contributed by atoms with E-state index < -0.39 is 0 Å². The first kappa shape index (κ1) is 12.9. The number of anilines is 1. The third kappa shape index (κ3) is 2.32. The maximum atomic E-state index is 12.4. The summed E-state index contributed by atoms with van der Waals surface area (Å²) in [6, 6.07) is 7.88. The van der Waals surface area contributed by atoms with Crippen molar-refractivity contribution in [2.24, 2.45) is 0 Å². The fourth-order valence-corrected chi connectivity index (χ4v) is 2.48. The Morgan fingerprint density at radius 3 is 2.85 bits per heavy atom. The number of fused-ring (bicyclic) bond motifs is 1. The van der Waals surface area contributed by atoms with E-state index in [4.69, 9.17) is 4.74 Å². The van der Waals surface area contributed by atoms with Gasteiger partial charge in [-0.2, -0.15) is 0 Å². The third-order valence-corrected chi connectivity index (χ3v) is 3.54. The summed E-state index contributed by atoms with van der Waals surface area (Å²) in [5.41, 5.74) is 0.603. The Morgan fingerprint density at radius 2 is 2.15 bits per heavy atom. The monoisotopic (exact) mass is 271 g/mol. The number of hydrogen-bond acceptors (Lipinski definition) is 4. The van der Waals surface area contributed by atoms with Gasteiger partial charge in [-0.25, -0.2) is 4.98 Å². The smallest absolute Gasteiger partial charge is 0.253 e. The number of carbonyl (C=O) groups is 1. The van der Waals surface area contributed by atoms with Crippen molar-refractivity contribution in [3.05, 3.63) is 36.0 Å². The second-order valence-electron chi connectivity index (χ2n) is 4.85. The zero-order valence-electron chi connectivity index (χ0n) is 11.3. The summed E-state index contributed by atoms with van der Waals surface area (Å²) in [7, 11) is 1.82. The van der Waals surface area contributed by atoms with Crippen LogP contribution in [0, 0.1) is 0 Å². The predicted octanol–water partition coefficient (Wildman–Crippen LogP) is 1.80. The molecule has 1 unspecified atom stereocenters. The summed E-state index contributed by atoms with van der Waals surface area (Å²) in [5.74, 6) is 0.688. The van der Waals surface area contributed by atoms with E-state index in [1.807, 2.05) is 31.3 Å². The van der Waals surface area contributed by atoms with E-state index in [9.17, 15) is 4.79 Å². The molecule has 2 N–H and O–H groups in total. The van der Waals surface area contributed by atoms with Crippen LogP contribution in [0.4, 0.5) is 5.82 Å². The summed E-state index contributed by atoms with van der Waals surface area (Å²) >= 11 is 0. The van der Waals surface area contributed by atoms with Gasteiger partial charge in [-0.05, 0) is 11.8 Å². The van der Waals surface area contributed by atoms with Crippen LogP contribution in [0.15, 0.2) is 30.5 Å². The van der Waals surface area contributed by atoms with Gasteiger partial charge in [0.15, 0.2) is 0 Å². The van der Waals surface area contributed by atoms with E-state index in [2.05, 4.69) is 15.6 Å². The van der Waals surface area contributed by atoms with E-state index in [-0.39, 0.29) is 11.9 Å². The Morgan fingerprint density at radius 1 is 1.35 bits per heavy atom. The number of ether oxygens (including phenoxy) is 1. The number of nitrogens with zero attached hydrogens (tertiary/aromatic N) is 1. The molecule has 1 amide bonds.